The van der Waals surface area contributed by atoms with Crippen LogP contribution in [0, 0.1) is 6.92 Å². The van der Waals surface area contributed by atoms with Crippen LogP contribution in [0.3, 0.4) is 0 Å². The molecule has 2 saturated heterocycles. The summed E-state index contributed by atoms with van der Waals surface area (Å²) in [7, 11) is 0. The van der Waals surface area contributed by atoms with E-state index in [4.69, 9.17) is 4.98 Å². The van der Waals surface area contributed by atoms with Crippen LogP contribution in [-0.2, 0) is 6.54 Å². The molecular weight excluding hydrogens is 342 g/mol. The van der Waals surface area contributed by atoms with Crippen molar-refractivity contribution in [3.05, 3.63) is 45.8 Å². The number of pyridine rings is 1. The van der Waals surface area contributed by atoms with Gasteiger partial charge in [0.15, 0.2) is 5.78 Å². The predicted molar refractivity (Wildman–Crippen MR) is 107 cm³/mol. The second-order valence-corrected chi connectivity index (χ2v) is 8.66. The highest BCUT2D eigenvalue weighted by Gasteiger charge is 2.43. The lowest BCUT2D eigenvalue weighted by atomic mass is 9.84. The third-order valence-electron chi connectivity index (χ3n) is 6.01. The molecule has 0 aromatic carbocycles. The van der Waals surface area contributed by atoms with Crippen molar-refractivity contribution in [1.29, 1.82) is 0 Å². The molecule has 0 atom stereocenters. The molecule has 2 fully saturated rings. The number of hydrogen-bond donors (Lipinski definition) is 0. The van der Waals surface area contributed by atoms with Gasteiger partial charge in [0.2, 0.25) is 0 Å². The summed E-state index contributed by atoms with van der Waals surface area (Å²) in [5.74, 6) is 1.30. The lowest BCUT2D eigenvalue weighted by Crippen LogP contribution is -2.52. The average molecular weight is 370 g/mol. The first kappa shape index (κ1) is 17.7. The summed E-state index contributed by atoms with van der Waals surface area (Å²) >= 11 is 1.58. The van der Waals surface area contributed by atoms with Crippen LogP contribution in [-0.4, -0.2) is 40.8 Å². The van der Waals surface area contributed by atoms with Crippen molar-refractivity contribution in [2.24, 2.45) is 0 Å². The number of anilines is 1. The summed E-state index contributed by atoms with van der Waals surface area (Å²) in [6.45, 7) is 8.02. The van der Waals surface area contributed by atoms with E-state index < -0.39 is 0 Å². The Kier molecular flexibility index (Phi) is 4.84. The fraction of sp³-hybridized carbons (Fsp3) is 0.524. The Hall–Kier alpha value is -1.72. The number of ketones is 1. The zero-order chi connectivity index (χ0) is 18.1. The zero-order valence-corrected chi connectivity index (χ0v) is 16.5. The van der Waals surface area contributed by atoms with Crippen molar-refractivity contribution >= 4 is 22.9 Å². The van der Waals surface area contributed by atoms with Gasteiger partial charge in [-0.05, 0) is 75.2 Å². The van der Waals surface area contributed by atoms with Gasteiger partial charge in [-0.1, -0.05) is 6.07 Å². The Morgan fingerprint density at radius 2 is 2.04 bits per heavy atom. The van der Waals surface area contributed by atoms with E-state index in [2.05, 4.69) is 46.4 Å². The molecule has 0 saturated carbocycles. The number of Topliss-reactive ketones (excluding diaryl/α,β-unsaturated/α-hetero) is 1. The van der Waals surface area contributed by atoms with E-state index in [1.807, 2.05) is 0 Å². The van der Waals surface area contributed by atoms with Crippen molar-refractivity contribution in [2.75, 3.05) is 24.5 Å². The van der Waals surface area contributed by atoms with Crippen molar-refractivity contribution in [2.45, 2.75) is 51.6 Å². The quantitative estimate of drug-likeness (QED) is 0.754. The van der Waals surface area contributed by atoms with Crippen LogP contribution < -0.4 is 4.90 Å². The number of thiophene rings is 1. The SMILES string of the molecule is CC(=O)c1cc(CN2CCCC23CCN(c2cccc(C)n2)CC3)cs1. The molecule has 0 bridgehead atoms. The number of carbonyl (C=O) groups is 1. The first-order valence-corrected chi connectivity index (χ1v) is 10.5. The molecule has 0 amide bonds. The third kappa shape index (κ3) is 3.42. The van der Waals surface area contributed by atoms with E-state index in [1.54, 1.807) is 18.3 Å². The van der Waals surface area contributed by atoms with Gasteiger partial charge in [-0.2, -0.15) is 0 Å². The maximum atomic E-state index is 11.6. The molecule has 0 radical (unpaired) electrons. The Bertz CT molecular complexity index is 792. The maximum Gasteiger partial charge on any atom is 0.169 e. The second kappa shape index (κ2) is 7.12. The van der Waals surface area contributed by atoms with Crippen LogP contribution >= 0.6 is 11.3 Å². The molecule has 2 aliphatic rings. The number of likely N-dealkylation sites (tertiary alicyclic amines) is 1. The molecule has 4 nitrogen and oxygen atoms in total. The van der Waals surface area contributed by atoms with E-state index >= 15 is 0 Å². The lowest BCUT2D eigenvalue weighted by molar-refractivity contribution is 0.0995. The summed E-state index contributed by atoms with van der Waals surface area (Å²) in [5, 5.41) is 2.16. The monoisotopic (exact) mass is 369 g/mol. The fourth-order valence-corrected chi connectivity index (χ4v) is 5.33. The van der Waals surface area contributed by atoms with Gasteiger partial charge >= 0.3 is 0 Å². The van der Waals surface area contributed by atoms with Crippen molar-refractivity contribution < 1.29 is 4.79 Å². The number of rotatable bonds is 4. The van der Waals surface area contributed by atoms with Crippen LogP contribution in [0.4, 0.5) is 5.82 Å². The highest BCUT2D eigenvalue weighted by molar-refractivity contribution is 7.12. The number of nitrogens with zero attached hydrogens (tertiary/aromatic N) is 3. The normalized spacial score (nSPS) is 20.0. The molecule has 2 aromatic rings. The Morgan fingerprint density at radius 3 is 2.73 bits per heavy atom. The number of piperidine rings is 1. The molecular formula is C21H27N3OS. The molecule has 4 rings (SSSR count). The summed E-state index contributed by atoms with van der Waals surface area (Å²) in [4.78, 5) is 22.3. The Balaban J connectivity index is 1.44. The minimum atomic E-state index is 0.177. The summed E-state index contributed by atoms with van der Waals surface area (Å²) in [6, 6.07) is 8.38. The largest absolute Gasteiger partial charge is 0.356 e. The Labute approximate surface area is 159 Å². The molecule has 138 valence electrons. The number of hydrogen-bond acceptors (Lipinski definition) is 5. The van der Waals surface area contributed by atoms with E-state index in [-0.39, 0.29) is 5.78 Å². The predicted octanol–water partition coefficient (Wildman–Crippen LogP) is 4.29. The van der Waals surface area contributed by atoms with Crippen molar-refractivity contribution in [3.8, 4) is 0 Å². The first-order valence-electron chi connectivity index (χ1n) is 9.58. The van der Waals surface area contributed by atoms with Gasteiger partial charge in [-0.3, -0.25) is 9.69 Å². The topological polar surface area (TPSA) is 36.4 Å². The molecule has 2 aromatic heterocycles. The van der Waals surface area contributed by atoms with Crippen LogP contribution in [0.15, 0.2) is 29.6 Å². The molecule has 26 heavy (non-hydrogen) atoms. The standard InChI is InChI=1S/C21H27N3OS/c1-16-5-3-6-20(22-16)23-11-8-21(9-12-23)7-4-10-24(21)14-18-13-19(17(2)25)26-15-18/h3,5-6,13,15H,4,7-12,14H2,1-2H3. The second-order valence-electron chi connectivity index (χ2n) is 7.75. The van der Waals surface area contributed by atoms with Crippen LogP contribution in [0.1, 0.15) is 53.5 Å². The lowest BCUT2D eigenvalue weighted by Gasteiger charge is -2.45. The minimum absolute atomic E-state index is 0.177. The van der Waals surface area contributed by atoms with Crippen LogP contribution in [0.2, 0.25) is 0 Å². The van der Waals surface area contributed by atoms with Gasteiger partial charge in [-0.25, -0.2) is 4.98 Å². The van der Waals surface area contributed by atoms with Gasteiger partial charge in [-0.15, -0.1) is 11.3 Å². The van der Waals surface area contributed by atoms with Crippen LogP contribution in [0.25, 0.3) is 0 Å². The molecule has 0 N–H and O–H groups in total. The van der Waals surface area contributed by atoms with Gasteiger partial charge in [0.1, 0.15) is 5.82 Å². The molecule has 4 heterocycles. The highest BCUT2D eigenvalue weighted by atomic mass is 32.1. The Morgan fingerprint density at radius 1 is 1.23 bits per heavy atom. The van der Waals surface area contributed by atoms with E-state index in [0.29, 0.717) is 5.54 Å². The molecule has 2 aliphatic heterocycles. The summed E-state index contributed by atoms with van der Waals surface area (Å²) in [6.07, 6.45) is 4.98. The first-order chi connectivity index (χ1) is 12.6. The number of carbonyl (C=O) groups excluding carboxylic acids is 1. The van der Waals surface area contributed by atoms with Crippen LogP contribution in [0.5, 0.6) is 0 Å². The minimum Gasteiger partial charge on any atom is -0.356 e. The molecule has 1 spiro atoms. The highest BCUT2D eigenvalue weighted by Crippen LogP contribution is 2.40. The van der Waals surface area contributed by atoms with E-state index in [9.17, 15) is 4.79 Å². The molecule has 5 heteroatoms. The molecule has 0 unspecified atom stereocenters. The van der Waals surface area contributed by atoms with Crippen molar-refractivity contribution in [1.82, 2.24) is 9.88 Å². The summed E-state index contributed by atoms with van der Waals surface area (Å²) in [5.41, 5.74) is 2.71. The molecule has 0 aliphatic carbocycles. The zero-order valence-electron chi connectivity index (χ0n) is 15.7. The van der Waals surface area contributed by atoms with Gasteiger partial charge in [0.25, 0.3) is 0 Å². The summed E-state index contributed by atoms with van der Waals surface area (Å²) < 4.78 is 0. The van der Waals surface area contributed by atoms with Gasteiger partial charge < -0.3 is 4.90 Å². The smallest absolute Gasteiger partial charge is 0.169 e. The average Bonchev–Trinajstić information content (AvgIpc) is 3.24. The van der Waals surface area contributed by atoms with E-state index in [0.717, 1.165) is 36.0 Å². The number of aryl methyl sites for hydroxylation is 1. The van der Waals surface area contributed by atoms with Gasteiger partial charge in [0.05, 0.1) is 4.88 Å². The van der Waals surface area contributed by atoms with Gasteiger partial charge in [0, 0.05) is 30.9 Å². The number of aromatic nitrogens is 1. The fourth-order valence-electron chi connectivity index (χ4n) is 4.53. The van der Waals surface area contributed by atoms with Crippen molar-refractivity contribution in [3.63, 3.8) is 0 Å². The van der Waals surface area contributed by atoms with E-state index in [1.165, 1.54) is 37.8 Å². The third-order valence-corrected chi connectivity index (χ3v) is 7.09. The maximum absolute atomic E-state index is 11.6.